The van der Waals surface area contributed by atoms with E-state index in [0.717, 1.165) is 29.9 Å². The molecule has 18 heavy (non-hydrogen) atoms. The maximum Gasteiger partial charge on any atom is 0.149 e. The van der Waals surface area contributed by atoms with Gasteiger partial charge in [-0.1, -0.05) is 6.58 Å². The van der Waals surface area contributed by atoms with Crippen LogP contribution in [0.4, 0.5) is 15.9 Å². The first-order valence-electron chi connectivity index (χ1n) is 6.14. The summed E-state index contributed by atoms with van der Waals surface area (Å²) in [5, 5.41) is 2.98. The van der Waals surface area contributed by atoms with Crippen molar-refractivity contribution in [1.82, 2.24) is 9.88 Å². The summed E-state index contributed by atoms with van der Waals surface area (Å²) in [7, 11) is 1.80. The van der Waals surface area contributed by atoms with Gasteiger partial charge in [0.05, 0.1) is 18.1 Å². The summed E-state index contributed by atoms with van der Waals surface area (Å²) in [5.41, 5.74) is 9.42. The van der Waals surface area contributed by atoms with Crippen molar-refractivity contribution in [3.05, 3.63) is 23.9 Å². The van der Waals surface area contributed by atoms with Crippen LogP contribution in [0.3, 0.4) is 0 Å². The quantitative estimate of drug-likeness (QED) is 0.857. The van der Waals surface area contributed by atoms with Crippen molar-refractivity contribution >= 4 is 17.2 Å². The van der Waals surface area contributed by atoms with Gasteiger partial charge in [-0.05, 0) is 12.5 Å². The molecule has 4 nitrogen and oxygen atoms in total. The first kappa shape index (κ1) is 12.7. The fourth-order valence-corrected chi connectivity index (χ4v) is 2.25. The van der Waals surface area contributed by atoms with Gasteiger partial charge in [0.2, 0.25) is 0 Å². The molecule has 0 fully saturated rings. The minimum atomic E-state index is -0.296. The summed E-state index contributed by atoms with van der Waals surface area (Å²) in [6.07, 6.45) is 1.38. The van der Waals surface area contributed by atoms with Gasteiger partial charge in [-0.25, -0.2) is 4.98 Å². The molecular formula is C13H19FN4. The van der Waals surface area contributed by atoms with E-state index < -0.39 is 0 Å². The highest BCUT2D eigenvalue weighted by molar-refractivity contribution is 5.73. The fourth-order valence-electron chi connectivity index (χ4n) is 2.25. The lowest BCUT2D eigenvalue weighted by Crippen LogP contribution is -2.31. The van der Waals surface area contributed by atoms with Gasteiger partial charge in [-0.15, -0.1) is 0 Å². The smallest absolute Gasteiger partial charge is 0.149 e. The van der Waals surface area contributed by atoms with Gasteiger partial charge in [0, 0.05) is 37.8 Å². The number of halogens is 1. The first-order valence-corrected chi connectivity index (χ1v) is 6.14. The number of nitrogens with one attached hydrogen (secondary N) is 1. The molecule has 0 bridgehead atoms. The molecule has 0 atom stereocenters. The fraction of sp³-hybridized carbons (Fsp3) is 0.462. The van der Waals surface area contributed by atoms with E-state index in [4.69, 9.17) is 5.73 Å². The van der Waals surface area contributed by atoms with Crippen molar-refractivity contribution in [2.24, 2.45) is 0 Å². The van der Waals surface area contributed by atoms with Crippen molar-refractivity contribution in [3.63, 3.8) is 0 Å². The molecule has 98 valence electrons. The van der Waals surface area contributed by atoms with E-state index in [1.54, 1.807) is 7.05 Å². The zero-order valence-corrected chi connectivity index (χ0v) is 10.7. The summed E-state index contributed by atoms with van der Waals surface area (Å²) in [6.45, 7) is 5.31. The van der Waals surface area contributed by atoms with Gasteiger partial charge >= 0.3 is 0 Å². The van der Waals surface area contributed by atoms with Crippen molar-refractivity contribution in [1.29, 1.82) is 0 Å². The number of rotatable bonds is 4. The van der Waals surface area contributed by atoms with Gasteiger partial charge in [-0.3, -0.25) is 4.39 Å². The van der Waals surface area contributed by atoms with E-state index >= 15 is 0 Å². The van der Waals surface area contributed by atoms with Crippen LogP contribution in [0.2, 0.25) is 0 Å². The molecule has 2 rings (SSSR count). The molecule has 1 aromatic heterocycles. The maximum atomic E-state index is 12.2. The molecule has 1 aromatic rings. The number of nitrogens with zero attached hydrogens (tertiary/aromatic N) is 2. The lowest BCUT2D eigenvalue weighted by Gasteiger charge is -2.32. The van der Waals surface area contributed by atoms with Crippen LogP contribution in [0.15, 0.2) is 12.6 Å². The summed E-state index contributed by atoms with van der Waals surface area (Å²) in [6, 6.07) is 1.90. The number of anilines is 2. The van der Waals surface area contributed by atoms with Crippen LogP contribution >= 0.6 is 0 Å². The van der Waals surface area contributed by atoms with E-state index in [-0.39, 0.29) is 6.67 Å². The third-order valence-corrected chi connectivity index (χ3v) is 3.24. The van der Waals surface area contributed by atoms with Crippen molar-refractivity contribution in [2.45, 2.75) is 12.8 Å². The molecule has 1 aliphatic heterocycles. The van der Waals surface area contributed by atoms with Crippen LogP contribution in [0.5, 0.6) is 0 Å². The lowest BCUT2D eigenvalue weighted by molar-refractivity contribution is 0.351. The molecule has 0 radical (unpaired) electrons. The third-order valence-electron chi connectivity index (χ3n) is 3.24. The van der Waals surface area contributed by atoms with Gasteiger partial charge in [0.1, 0.15) is 5.82 Å². The molecule has 3 N–H and O–H groups in total. The third kappa shape index (κ3) is 2.25. The molecule has 0 spiro atoms. The minimum Gasteiger partial charge on any atom is -0.396 e. The van der Waals surface area contributed by atoms with Crippen LogP contribution < -0.4 is 11.1 Å². The van der Waals surface area contributed by atoms with E-state index in [1.807, 2.05) is 6.07 Å². The number of pyridine rings is 1. The second-order valence-corrected chi connectivity index (χ2v) is 4.40. The Bertz CT molecular complexity index is 459. The van der Waals surface area contributed by atoms with Crippen LogP contribution in [0, 0.1) is 0 Å². The lowest BCUT2D eigenvalue weighted by atomic mass is 10.0. The molecule has 0 unspecified atom stereocenters. The number of aromatic nitrogens is 1. The Labute approximate surface area is 107 Å². The molecule has 0 saturated carbocycles. The highest BCUT2D eigenvalue weighted by Gasteiger charge is 2.21. The Morgan fingerprint density at radius 1 is 1.61 bits per heavy atom. The highest BCUT2D eigenvalue weighted by Crippen LogP contribution is 2.30. The zero-order chi connectivity index (χ0) is 13.1. The van der Waals surface area contributed by atoms with E-state index in [0.29, 0.717) is 24.5 Å². The van der Waals surface area contributed by atoms with Crippen molar-refractivity contribution < 1.29 is 4.39 Å². The average Bonchev–Trinajstić information content (AvgIpc) is 2.38. The molecule has 0 amide bonds. The van der Waals surface area contributed by atoms with Crippen molar-refractivity contribution in [2.75, 3.05) is 37.9 Å². The van der Waals surface area contributed by atoms with Crippen LogP contribution in [-0.4, -0.2) is 36.7 Å². The average molecular weight is 250 g/mol. The highest BCUT2D eigenvalue weighted by atomic mass is 19.1. The van der Waals surface area contributed by atoms with Crippen LogP contribution in [0.1, 0.15) is 17.7 Å². The molecule has 0 aromatic carbocycles. The SMILES string of the molecule is C=C1c2cc(N)c(NC)nc2CCN1CCCF. The van der Waals surface area contributed by atoms with Crippen LogP contribution in [0.25, 0.3) is 5.70 Å². The second-order valence-electron chi connectivity index (χ2n) is 4.40. The standard InChI is InChI=1S/C13H19FN4/c1-9-10-8-11(15)13(16-2)17-12(10)4-7-18(9)6-3-5-14/h8H,1,3-7,15H2,2H3,(H,16,17). The van der Waals surface area contributed by atoms with Gasteiger partial charge in [-0.2, -0.15) is 0 Å². The summed E-state index contributed by atoms with van der Waals surface area (Å²) in [5.74, 6) is 0.707. The number of fused-ring (bicyclic) bond motifs is 1. The molecule has 5 heteroatoms. The Kier molecular flexibility index (Phi) is 3.69. The topological polar surface area (TPSA) is 54.2 Å². The zero-order valence-electron chi connectivity index (χ0n) is 10.7. The summed E-state index contributed by atoms with van der Waals surface area (Å²) >= 11 is 0. The molecular weight excluding hydrogens is 231 g/mol. The normalized spacial score (nSPS) is 14.6. The number of nitrogens with two attached hydrogens (primary N) is 1. The van der Waals surface area contributed by atoms with Crippen LogP contribution in [-0.2, 0) is 6.42 Å². The molecule has 0 saturated heterocycles. The molecule has 1 aliphatic rings. The Morgan fingerprint density at radius 3 is 3.06 bits per heavy atom. The van der Waals surface area contributed by atoms with Gasteiger partial charge in [0.25, 0.3) is 0 Å². The Balaban J connectivity index is 2.26. The predicted octanol–water partition coefficient (Wildman–Crippen LogP) is 1.89. The Hall–Kier alpha value is -1.78. The maximum absolute atomic E-state index is 12.2. The van der Waals surface area contributed by atoms with E-state index in [9.17, 15) is 4.39 Å². The summed E-state index contributed by atoms with van der Waals surface area (Å²) < 4.78 is 12.2. The Morgan fingerprint density at radius 2 is 2.39 bits per heavy atom. The van der Waals surface area contributed by atoms with E-state index in [1.165, 1.54) is 0 Å². The molecule has 2 heterocycles. The number of hydrogen-bond donors (Lipinski definition) is 2. The summed E-state index contributed by atoms with van der Waals surface area (Å²) in [4.78, 5) is 6.60. The van der Waals surface area contributed by atoms with Gasteiger partial charge < -0.3 is 16.0 Å². The monoisotopic (exact) mass is 250 g/mol. The largest absolute Gasteiger partial charge is 0.396 e. The number of hydrogen-bond acceptors (Lipinski definition) is 4. The first-order chi connectivity index (χ1) is 8.67. The number of nitrogen functional groups attached to an aromatic ring is 1. The molecule has 0 aliphatic carbocycles. The predicted molar refractivity (Wildman–Crippen MR) is 73.1 cm³/mol. The van der Waals surface area contributed by atoms with Gasteiger partial charge in [0.15, 0.2) is 0 Å². The van der Waals surface area contributed by atoms with Crippen molar-refractivity contribution in [3.8, 4) is 0 Å². The minimum absolute atomic E-state index is 0.296. The number of alkyl halides is 1. The van der Waals surface area contributed by atoms with E-state index in [2.05, 4.69) is 21.8 Å². The second kappa shape index (κ2) is 5.25.